The summed E-state index contributed by atoms with van der Waals surface area (Å²) < 4.78 is 2.92. The standard InChI is InChI=1S/C27H29N3O2S/c1-17(2)28-27(32)26-25(22-9-5-7-11-24(22)33-26)19-12-13-29(14-19)15-20-16-30(18(3)31)23-10-6-4-8-21(20)23/h4-11,16-17,19H,12-15H2,1-3H3,(H,28,32). The molecule has 1 aliphatic rings. The second kappa shape index (κ2) is 8.76. The minimum absolute atomic E-state index is 0.0299. The lowest BCUT2D eigenvalue weighted by Crippen LogP contribution is -2.30. The fourth-order valence-electron chi connectivity index (χ4n) is 5.06. The summed E-state index contributed by atoms with van der Waals surface area (Å²) in [5.41, 5.74) is 3.34. The fraction of sp³-hybridized carbons (Fsp3) is 0.333. The molecule has 0 radical (unpaired) electrons. The van der Waals surface area contributed by atoms with Crippen molar-refractivity contribution in [2.75, 3.05) is 13.1 Å². The van der Waals surface area contributed by atoms with E-state index in [4.69, 9.17) is 0 Å². The zero-order chi connectivity index (χ0) is 23.1. The Kier molecular flexibility index (Phi) is 5.81. The van der Waals surface area contributed by atoms with Gasteiger partial charge in [-0.2, -0.15) is 0 Å². The average Bonchev–Trinajstić information content (AvgIpc) is 3.49. The van der Waals surface area contributed by atoms with Crippen LogP contribution in [0.3, 0.4) is 0 Å². The average molecular weight is 460 g/mol. The highest BCUT2D eigenvalue weighted by atomic mass is 32.1. The van der Waals surface area contributed by atoms with Crippen LogP contribution in [0.5, 0.6) is 0 Å². The second-order valence-electron chi connectivity index (χ2n) is 9.25. The van der Waals surface area contributed by atoms with Crippen LogP contribution in [0.25, 0.3) is 21.0 Å². The number of benzene rings is 2. The Morgan fingerprint density at radius 2 is 1.82 bits per heavy atom. The first-order chi connectivity index (χ1) is 15.9. The number of amides is 1. The number of hydrogen-bond acceptors (Lipinski definition) is 4. The van der Waals surface area contributed by atoms with Gasteiger partial charge >= 0.3 is 0 Å². The Labute approximate surface area is 198 Å². The van der Waals surface area contributed by atoms with Crippen molar-refractivity contribution in [1.29, 1.82) is 0 Å². The molecule has 1 amide bonds. The van der Waals surface area contributed by atoms with Gasteiger partial charge in [0.2, 0.25) is 5.91 Å². The van der Waals surface area contributed by atoms with Gasteiger partial charge in [-0.1, -0.05) is 36.4 Å². The zero-order valence-corrected chi connectivity index (χ0v) is 20.1. The Balaban J connectivity index is 1.44. The molecule has 3 heterocycles. The van der Waals surface area contributed by atoms with E-state index in [1.165, 1.54) is 21.2 Å². The summed E-state index contributed by atoms with van der Waals surface area (Å²) in [4.78, 5) is 28.5. The molecular formula is C27H29N3O2S. The number of likely N-dealkylation sites (tertiary alicyclic amines) is 1. The van der Waals surface area contributed by atoms with Crippen LogP contribution in [0.4, 0.5) is 0 Å². The van der Waals surface area contributed by atoms with Gasteiger partial charge in [0.05, 0.1) is 10.4 Å². The number of aromatic nitrogens is 1. The van der Waals surface area contributed by atoms with Crippen LogP contribution in [0.2, 0.25) is 0 Å². The molecule has 0 aliphatic carbocycles. The number of hydrogen-bond donors (Lipinski definition) is 1. The monoisotopic (exact) mass is 459 g/mol. The first-order valence-corrected chi connectivity index (χ1v) is 12.4. The van der Waals surface area contributed by atoms with Crippen molar-refractivity contribution < 1.29 is 9.59 Å². The van der Waals surface area contributed by atoms with Gasteiger partial charge in [0.15, 0.2) is 0 Å². The van der Waals surface area contributed by atoms with Crippen molar-refractivity contribution in [3.8, 4) is 0 Å². The van der Waals surface area contributed by atoms with E-state index in [-0.39, 0.29) is 17.9 Å². The minimum atomic E-state index is 0.0299. The Bertz CT molecular complexity index is 1350. The molecule has 0 saturated carbocycles. The Morgan fingerprint density at radius 1 is 1.09 bits per heavy atom. The fourth-order valence-corrected chi connectivity index (χ4v) is 6.25. The van der Waals surface area contributed by atoms with Crippen molar-refractivity contribution in [3.05, 3.63) is 70.7 Å². The molecule has 1 unspecified atom stereocenters. The van der Waals surface area contributed by atoms with Crippen LogP contribution in [0, 0.1) is 0 Å². The van der Waals surface area contributed by atoms with Crippen LogP contribution in [0.1, 0.15) is 58.7 Å². The minimum Gasteiger partial charge on any atom is -0.349 e. The lowest BCUT2D eigenvalue weighted by molar-refractivity contribution is 0.0934. The number of nitrogens with zero attached hydrogens (tertiary/aromatic N) is 2. The molecule has 0 spiro atoms. The van der Waals surface area contributed by atoms with Gasteiger partial charge in [-0.3, -0.25) is 19.1 Å². The number of thiophene rings is 1. The molecule has 0 bridgehead atoms. The summed E-state index contributed by atoms with van der Waals surface area (Å²) in [7, 11) is 0. The number of para-hydroxylation sites is 1. The lowest BCUT2D eigenvalue weighted by atomic mass is 9.95. The maximum absolute atomic E-state index is 13.0. The maximum Gasteiger partial charge on any atom is 0.261 e. The van der Waals surface area contributed by atoms with Gasteiger partial charge in [0, 0.05) is 48.3 Å². The molecule has 4 aromatic rings. The van der Waals surface area contributed by atoms with Gasteiger partial charge < -0.3 is 5.32 Å². The SMILES string of the molecule is CC(=O)n1cc(CN2CCC(c3c(C(=O)NC(C)C)sc4ccccc34)C2)c2ccccc21. The van der Waals surface area contributed by atoms with Gasteiger partial charge in [0.25, 0.3) is 5.91 Å². The molecule has 33 heavy (non-hydrogen) atoms. The van der Waals surface area contributed by atoms with Gasteiger partial charge in [0.1, 0.15) is 0 Å². The number of carbonyl (C=O) groups is 2. The molecule has 1 aliphatic heterocycles. The molecule has 1 N–H and O–H groups in total. The highest BCUT2D eigenvalue weighted by molar-refractivity contribution is 7.21. The molecule has 170 valence electrons. The quantitative estimate of drug-likeness (QED) is 0.420. The van der Waals surface area contributed by atoms with E-state index in [9.17, 15) is 9.59 Å². The maximum atomic E-state index is 13.0. The molecule has 2 aromatic carbocycles. The van der Waals surface area contributed by atoms with Crippen molar-refractivity contribution >= 4 is 44.1 Å². The van der Waals surface area contributed by atoms with E-state index < -0.39 is 0 Å². The Hall–Kier alpha value is -2.96. The van der Waals surface area contributed by atoms with Crippen molar-refractivity contribution in [2.24, 2.45) is 0 Å². The highest BCUT2D eigenvalue weighted by Gasteiger charge is 2.31. The molecular weight excluding hydrogens is 430 g/mol. The summed E-state index contributed by atoms with van der Waals surface area (Å²) in [6.07, 6.45) is 3.01. The first-order valence-electron chi connectivity index (χ1n) is 11.6. The summed E-state index contributed by atoms with van der Waals surface area (Å²) in [6, 6.07) is 16.6. The number of fused-ring (bicyclic) bond motifs is 2. The lowest BCUT2D eigenvalue weighted by Gasteiger charge is -2.17. The summed E-state index contributed by atoms with van der Waals surface area (Å²) in [6.45, 7) is 8.28. The van der Waals surface area contributed by atoms with E-state index in [2.05, 4.69) is 34.5 Å². The third kappa shape index (κ3) is 4.09. The zero-order valence-electron chi connectivity index (χ0n) is 19.3. The predicted molar refractivity (Wildman–Crippen MR) is 135 cm³/mol. The summed E-state index contributed by atoms with van der Waals surface area (Å²) in [5, 5.41) is 5.43. The molecule has 1 atom stereocenters. The molecule has 5 rings (SSSR count). The van der Waals surface area contributed by atoms with Crippen LogP contribution in [0.15, 0.2) is 54.7 Å². The van der Waals surface area contributed by atoms with Gasteiger partial charge in [-0.25, -0.2) is 0 Å². The molecule has 1 fully saturated rings. The first kappa shape index (κ1) is 21.9. The van der Waals surface area contributed by atoms with Gasteiger partial charge in [-0.05, 0) is 55.5 Å². The van der Waals surface area contributed by atoms with Crippen LogP contribution in [-0.4, -0.2) is 40.4 Å². The van der Waals surface area contributed by atoms with Crippen molar-refractivity contribution in [1.82, 2.24) is 14.8 Å². The topological polar surface area (TPSA) is 54.3 Å². The molecule has 1 saturated heterocycles. The van der Waals surface area contributed by atoms with Crippen LogP contribution in [-0.2, 0) is 6.54 Å². The summed E-state index contributed by atoms with van der Waals surface area (Å²) in [5.74, 6) is 0.377. The number of rotatable bonds is 5. The third-order valence-electron chi connectivity index (χ3n) is 6.47. The predicted octanol–water partition coefficient (Wildman–Crippen LogP) is 5.64. The van der Waals surface area contributed by atoms with Crippen molar-refractivity contribution in [3.63, 3.8) is 0 Å². The van der Waals surface area contributed by atoms with E-state index in [1.54, 1.807) is 22.8 Å². The number of carbonyl (C=O) groups excluding carboxylic acids is 2. The normalized spacial score (nSPS) is 16.8. The molecule has 5 nitrogen and oxygen atoms in total. The highest BCUT2D eigenvalue weighted by Crippen LogP contribution is 2.40. The van der Waals surface area contributed by atoms with Crippen LogP contribution < -0.4 is 5.32 Å². The Morgan fingerprint density at radius 3 is 2.58 bits per heavy atom. The largest absolute Gasteiger partial charge is 0.349 e. The van der Waals surface area contributed by atoms with E-state index in [0.29, 0.717) is 5.92 Å². The van der Waals surface area contributed by atoms with Crippen molar-refractivity contribution in [2.45, 2.75) is 45.7 Å². The molecule has 6 heteroatoms. The summed E-state index contributed by atoms with van der Waals surface area (Å²) >= 11 is 1.60. The third-order valence-corrected chi connectivity index (χ3v) is 7.65. The number of nitrogens with one attached hydrogen (secondary N) is 1. The van der Waals surface area contributed by atoms with E-state index >= 15 is 0 Å². The van der Waals surface area contributed by atoms with E-state index in [1.807, 2.05) is 44.3 Å². The van der Waals surface area contributed by atoms with Gasteiger partial charge in [-0.15, -0.1) is 11.3 Å². The second-order valence-corrected chi connectivity index (χ2v) is 10.3. The molecule has 2 aromatic heterocycles. The smallest absolute Gasteiger partial charge is 0.261 e. The van der Waals surface area contributed by atoms with E-state index in [0.717, 1.165) is 41.8 Å². The van der Waals surface area contributed by atoms with Crippen LogP contribution >= 0.6 is 11.3 Å².